The number of hydrogen-bond donors (Lipinski definition) is 1. The Kier molecular flexibility index (Phi) is 2.46. The van der Waals surface area contributed by atoms with Crippen molar-refractivity contribution in [2.24, 2.45) is 5.92 Å². The van der Waals surface area contributed by atoms with Crippen molar-refractivity contribution >= 4 is 5.69 Å². The van der Waals surface area contributed by atoms with E-state index in [0.29, 0.717) is 0 Å². The second-order valence-corrected chi connectivity index (χ2v) is 4.23. The molecule has 14 heavy (non-hydrogen) atoms. The van der Waals surface area contributed by atoms with Gasteiger partial charge in [0, 0.05) is 17.2 Å². The highest BCUT2D eigenvalue weighted by atomic mass is 16.5. The van der Waals surface area contributed by atoms with Gasteiger partial charge < -0.3 is 10.5 Å². The van der Waals surface area contributed by atoms with Crippen LogP contribution in [0.1, 0.15) is 24.5 Å². The van der Waals surface area contributed by atoms with Crippen molar-refractivity contribution in [3.8, 4) is 5.75 Å². The minimum Gasteiger partial charge on any atom is -0.496 e. The summed E-state index contributed by atoms with van der Waals surface area (Å²) in [5, 5.41) is 0. The smallest absolute Gasteiger partial charge is 0.131 e. The summed E-state index contributed by atoms with van der Waals surface area (Å²) < 4.78 is 5.38. The molecule has 0 fully saturated rings. The van der Waals surface area contributed by atoms with Gasteiger partial charge in [-0.05, 0) is 31.2 Å². The summed E-state index contributed by atoms with van der Waals surface area (Å²) in [6.45, 7) is 2.31. The molecule has 2 heteroatoms. The Hall–Kier alpha value is -1.02. The van der Waals surface area contributed by atoms with Crippen molar-refractivity contribution in [2.45, 2.75) is 26.2 Å². The van der Waals surface area contributed by atoms with E-state index in [-0.39, 0.29) is 0 Å². The van der Waals surface area contributed by atoms with Crippen LogP contribution in [0.5, 0.6) is 5.75 Å². The lowest BCUT2D eigenvalue weighted by Crippen LogP contribution is -2.42. The quantitative estimate of drug-likeness (QED) is 0.722. The van der Waals surface area contributed by atoms with Gasteiger partial charge in [0.1, 0.15) is 11.4 Å². The monoisotopic (exact) mass is 192 g/mol. The topological polar surface area (TPSA) is 36.9 Å². The molecular weight excluding hydrogens is 174 g/mol. The van der Waals surface area contributed by atoms with Gasteiger partial charge in [-0.2, -0.15) is 0 Å². The third kappa shape index (κ3) is 1.50. The average molecular weight is 192 g/mol. The number of rotatable bonds is 1. The van der Waals surface area contributed by atoms with Gasteiger partial charge in [-0.3, -0.25) is 0 Å². The van der Waals surface area contributed by atoms with Crippen LogP contribution >= 0.6 is 0 Å². The largest absolute Gasteiger partial charge is 0.496 e. The normalized spacial score (nSPS) is 20.4. The Morgan fingerprint density at radius 1 is 1.36 bits per heavy atom. The van der Waals surface area contributed by atoms with Gasteiger partial charge in [0.25, 0.3) is 0 Å². The summed E-state index contributed by atoms with van der Waals surface area (Å²) in [4.78, 5) is 0. The minimum atomic E-state index is 0.787. The molecule has 1 aliphatic carbocycles. The van der Waals surface area contributed by atoms with Crippen LogP contribution in [-0.4, -0.2) is 7.11 Å². The summed E-state index contributed by atoms with van der Waals surface area (Å²) in [6.07, 6.45) is 3.57. The SMILES string of the molecule is COc1ccc([NH3+])c2c1CCC(C)C2. The molecule has 0 saturated heterocycles. The van der Waals surface area contributed by atoms with Crippen LogP contribution in [0.4, 0.5) is 5.69 Å². The molecule has 0 bridgehead atoms. The predicted molar refractivity (Wildman–Crippen MR) is 56.7 cm³/mol. The zero-order valence-corrected chi connectivity index (χ0v) is 8.97. The second-order valence-electron chi connectivity index (χ2n) is 4.23. The lowest BCUT2D eigenvalue weighted by Gasteiger charge is -2.23. The van der Waals surface area contributed by atoms with E-state index in [4.69, 9.17) is 4.74 Å². The predicted octanol–water partition coefficient (Wildman–Crippen LogP) is 1.69. The van der Waals surface area contributed by atoms with Crippen LogP contribution in [-0.2, 0) is 12.8 Å². The van der Waals surface area contributed by atoms with Crippen LogP contribution in [0.2, 0.25) is 0 Å². The molecule has 76 valence electrons. The molecule has 2 nitrogen and oxygen atoms in total. The first-order valence-corrected chi connectivity index (χ1v) is 5.23. The van der Waals surface area contributed by atoms with Crippen LogP contribution in [0.3, 0.4) is 0 Å². The van der Waals surface area contributed by atoms with E-state index in [1.807, 2.05) is 6.07 Å². The van der Waals surface area contributed by atoms with Gasteiger partial charge >= 0.3 is 0 Å². The standard InChI is InChI=1S/C12H17NO/c1-8-3-4-9-10(7-8)11(13)5-6-12(9)14-2/h5-6,8H,3-4,7,13H2,1-2H3/p+1. The van der Waals surface area contributed by atoms with E-state index in [1.165, 1.54) is 23.2 Å². The number of ether oxygens (including phenoxy) is 1. The van der Waals surface area contributed by atoms with E-state index in [2.05, 4.69) is 18.7 Å². The molecule has 1 unspecified atom stereocenters. The van der Waals surface area contributed by atoms with Gasteiger partial charge in [0.15, 0.2) is 0 Å². The van der Waals surface area contributed by atoms with Crippen molar-refractivity contribution in [3.05, 3.63) is 23.3 Å². The van der Waals surface area contributed by atoms with E-state index in [1.54, 1.807) is 7.11 Å². The lowest BCUT2D eigenvalue weighted by atomic mass is 9.83. The van der Waals surface area contributed by atoms with Crippen molar-refractivity contribution in [3.63, 3.8) is 0 Å². The van der Waals surface area contributed by atoms with Crippen molar-refractivity contribution in [1.82, 2.24) is 0 Å². The fourth-order valence-electron chi connectivity index (χ4n) is 2.28. The first-order valence-electron chi connectivity index (χ1n) is 5.23. The molecule has 1 aromatic carbocycles. The molecule has 3 N–H and O–H groups in total. The molecule has 1 aromatic rings. The summed E-state index contributed by atoms with van der Waals surface area (Å²) in [6, 6.07) is 4.10. The molecule has 0 radical (unpaired) electrons. The van der Waals surface area contributed by atoms with Crippen LogP contribution < -0.4 is 10.5 Å². The maximum atomic E-state index is 5.38. The van der Waals surface area contributed by atoms with E-state index in [9.17, 15) is 0 Å². The Balaban J connectivity index is 2.49. The molecule has 0 spiro atoms. The van der Waals surface area contributed by atoms with Crippen LogP contribution in [0.25, 0.3) is 0 Å². The summed E-state index contributed by atoms with van der Waals surface area (Å²) >= 11 is 0. The Morgan fingerprint density at radius 3 is 2.86 bits per heavy atom. The molecule has 2 rings (SSSR count). The fourth-order valence-corrected chi connectivity index (χ4v) is 2.28. The Morgan fingerprint density at radius 2 is 2.14 bits per heavy atom. The van der Waals surface area contributed by atoms with Crippen molar-refractivity contribution in [2.75, 3.05) is 7.11 Å². The number of fused-ring (bicyclic) bond motifs is 1. The Bertz CT molecular complexity index is 346. The molecular formula is C12H18NO+. The molecule has 0 heterocycles. The minimum absolute atomic E-state index is 0.787. The summed E-state index contributed by atoms with van der Waals surface area (Å²) in [5.41, 5.74) is 8.07. The highest BCUT2D eigenvalue weighted by Crippen LogP contribution is 2.34. The zero-order chi connectivity index (χ0) is 10.1. The van der Waals surface area contributed by atoms with Crippen LogP contribution in [0, 0.1) is 5.92 Å². The van der Waals surface area contributed by atoms with Crippen molar-refractivity contribution < 1.29 is 10.5 Å². The van der Waals surface area contributed by atoms with E-state index in [0.717, 1.165) is 24.5 Å². The molecule has 1 aliphatic rings. The van der Waals surface area contributed by atoms with Gasteiger partial charge in [0.2, 0.25) is 0 Å². The number of methoxy groups -OCH3 is 1. The maximum absolute atomic E-state index is 5.38. The summed E-state index contributed by atoms with van der Waals surface area (Å²) in [7, 11) is 1.75. The molecule has 0 aliphatic heterocycles. The van der Waals surface area contributed by atoms with E-state index >= 15 is 0 Å². The number of hydrogen-bond acceptors (Lipinski definition) is 1. The number of benzene rings is 1. The van der Waals surface area contributed by atoms with Gasteiger partial charge in [-0.1, -0.05) is 6.92 Å². The summed E-state index contributed by atoms with van der Waals surface area (Å²) in [5.74, 6) is 1.83. The Labute approximate surface area is 85.1 Å². The molecule has 0 saturated carbocycles. The molecule has 1 atom stereocenters. The van der Waals surface area contributed by atoms with Crippen LogP contribution in [0.15, 0.2) is 12.1 Å². The first-order chi connectivity index (χ1) is 6.72. The van der Waals surface area contributed by atoms with Gasteiger partial charge in [-0.25, -0.2) is 0 Å². The van der Waals surface area contributed by atoms with E-state index < -0.39 is 0 Å². The highest BCUT2D eigenvalue weighted by molar-refractivity contribution is 5.52. The zero-order valence-electron chi connectivity index (χ0n) is 8.97. The molecule has 0 amide bonds. The molecule has 0 aromatic heterocycles. The average Bonchev–Trinajstić information content (AvgIpc) is 2.19. The second kappa shape index (κ2) is 3.62. The number of quaternary nitrogens is 1. The van der Waals surface area contributed by atoms with Crippen molar-refractivity contribution in [1.29, 1.82) is 0 Å². The fraction of sp³-hybridized carbons (Fsp3) is 0.500. The maximum Gasteiger partial charge on any atom is 0.131 e. The lowest BCUT2D eigenvalue weighted by molar-refractivity contribution is -0.256. The first kappa shape index (κ1) is 9.53. The third-order valence-corrected chi connectivity index (χ3v) is 3.14. The highest BCUT2D eigenvalue weighted by Gasteiger charge is 2.21. The van der Waals surface area contributed by atoms with Gasteiger partial charge in [-0.15, -0.1) is 0 Å². The third-order valence-electron chi connectivity index (χ3n) is 3.14. The van der Waals surface area contributed by atoms with Gasteiger partial charge in [0.05, 0.1) is 7.11 Å².